The summed E-state index contributed by atoms with van der Waals surface area (Å²) in [6.07, 6.45) is 16.0. The Balaban J connectivity index is 1.52. The van der Waals surface area contributed by atoms with E-state index >= 15 is 0 Å². The summed E-state index contributed by atoms with van der Waals surface area (Å²) >= 11 is 0. The molecule has 0 aromatic rings. The summed E-state index contributed by atoms with van der Waals surface area (Å²) in [5.74, 6) is 0.0889. The molecular formula is C24H31FO5. The molecule has 0 amide bonds. The Morgan fingerprint density at radius 3 is 2.97 bits per heavy atom. The summed E-state index contributed by atoms with van der Waals surface area (Å²) in [6, 6.07) is 0. The van der Waals surface area contributed by atoms with Crippen molar-refractivity contribution in [3.05, 3.63) is 47.9 Å². The molecule has 1 fully saturated rings. The zero-order valence-corrected chi connectivity index (χ0v) is 17.6. The number of halogens is 1. The van der Waals surface area contributed by atoms with E-state index in [0.717, 1.165) is 38.5 Å². The van der Waals surface area contributed by atoms with Gasteiger partial charge in [0.25, 0.3) is 0 Å². The third kappa shape index (κ3) is 7.15. The third-order valence-corrected chi connectivity index (χ3v) is 5.83. The maximum atomic E-state index is 13.3. The predicted octanol–water partition coefficient (Wildman–Crippen LogP) is 5.73. The number of carbonyl (C=O) groups excluding carboxylic acids is 2. The Labute approximate surface area is 177 Å². The molecule has 0 saturated heterocycles. The van der Waals surface area contributed by atoms with Gasteiger partial charge in [-0.15, -0.1) is 0 Å². The molecule has 6 heteroatoms. The molecule has 0 unspecified atom stereocenters. The predicted molar refractivity (Wildman–Crippen MR) is 111 cm³/mol. The van der Waals surface area contributed by atoms with Crippen LogP contribution in [0, 0.1) is 11.8 Å². The van der Waals surface area contributed by atoms with Gasteiger partial charge in [-0.05, 0) is 75.4 Å². The summed E-state index contributed by atoms with van der Waals surface area (Å²) in [6.45, 7) is 1.94. The van der Waals surface area contributed by atoms with Crippen molar-refractivity contribution in [3.63, 3.8) is 0 Å². The lowest BCUT2D eigenvalue weighted by Crippen LogP contribution is -2.17. The number of ether oxygens (including phenoxy) is 3. The number of carbonyl (C=O) groups is 2. The lowest BCUT2D eigenvalue weighted by molar-refractivity contribution is -0.142. The van der Waals surface area contributed by atoms with Gasteiger partial charge in [0.2, 0.25) is 0 Å². The first-order valence-corrected chi connectivity index (χ1v) is 10.9. The molecule has 1 saturated carbocycles. The first-order chi connectivity index (χ1) is 14.5. The van der Waals surface area contributed by atoms with E-state index in [1.54, 1.807) is 0 Å². The van der Waals surface area contributed by atoms with Crippen LogP contribution >= 0.6 is 0 Å². The fourth-order valence-electron chi connectivity index (χ4n) is 4.28. The molecule has 0 aromatic carbocycles. The van der Waals surface area contributed by atoms with E-state index in [2.05, 4.69) is 12.2 Å². The van der Waals surface area contributed by atoms with Crippen LogP contribution in [-0.4, -0.2) is 30.9 Å². The number of allylic oxidation sites excluding steroid dienone is 5. The number of cyclic esters (lactones) is 1. The number of hydrogen-bond acceptors (Lipinski definition) is 5. The summed E-state index contributed by atoms with van der Waals surface area (Å²) in [5, 5.41) is 0. The molecular weight excluding hydrogens is 387 g/mol. The van der Waals surface area contributed by atoms with Crippen molar-refractivity contribution in [1.29, 1.82) is 0 Å². The summed E-state index contributed by atoms with van der Waals surface area (Å²) in [7, 11) is 0. The second kappa shape index (κ2) is 11.1. The molecule has 0 aromatic heterocycles. The van der Waals surface area contributed by atoms with Crippen LogP contribution in [0.15, 0.2) is 47.9 Å². The highest BCUT2D eigenvalue weighted by Gasteiger charge is 2.34. The molecule has 164 valence electrons. The molecule has 3 rings (SSSR count). The van der Waals surface area contributed by atoms with Crippen molar-refractivity contribution in [2.45, 2.75) is 70.5 Å². The highest BCUT2D eigenvalue weighted by molar-refractivity contribution is 5.82. The van der Waals surface area contributed by atoms with E-state index < -0.39 is 6.16 Å². The fourth-order valence-corrected chi connectivity index (χ4v) is 4.28. The van der Waals surface area contributed by atoms with Crippen LogP contribution in [0.5, 0.6) is 0 Å². The monoisotopic (exact) mass is 418 g/mol. The molecule has 5 nitrogen and oxygen atoms in total. The van der Waals surface area contributed by atoms with Crippen molar-refractivity contribution in [2.75, 3.05) is 6.61 Å². The van der Waals surface area contributed by atoms with Crippen LogP contribution in [0.4, 0.5) is 9.18 Å². The van der Waals surface area contributed by atoms with Crippen LogP contribution in [0.3, 0.4) is 0 Å². The van der Waals surface area contributed by atoms with E-state index in [0.29, 0.717) is 30.3 Å². The van der Waals surface area contributed by atoms with E-state index in [9.17, 15) is 14.0 Å². The second-order valence-electron chi connectivity index (χ2n) is 8.33. The Morgan fingerprint density at radius 1 is 1.27 bits per heavy atom. The quantitative estimate of drug-likeness (QED) is 0.433. The van der Waals surface area contributed by atoms with Gasteiger partial charge in [-0.25, -0.2) is 14.0 Å². The minimum absolute atomic E-state index is 0.0228. The Hall–Kier alpha value is -2.37. The molecule has 0 bridgehead atoms. The molecule has 1 heterocycles. The zero-order valence-electron chi connectivity index (χ0n) is 17.6. The van der Waals surface area contributed by atoms with Gasteiger partial charge in [0.15, 0.2) is 0 Å². The van der Waals surface area contributed by atoms with Crippen molar-refractivity contribution in [2.24, 2.45) is 11.8 Å². The van der Waals surface area contributed by atoms with Crippen LogP contribution in [-0.2, 0) is 19.0 Å². The molecule has 3 aliphatic rings. The highest BCUT2D eigenvalue weighted by atomic mass is 19.1. The summed E-state index contributed by atoms with van der Waals surface area (Å²) in [4.78, 5) is 24.0. The number of fused-ring (bicyclic) bond motifs is 1. The second-order valence-corrected chi connectivity index (χ2v) is 8.33. The number of esters is 1. The van der Waals surface area contributed by atoms with Crippen molar-refractivity contribution in [3.8, 4) is 0 Å². The van der Waals surface area contributed by atoms with Crippen molar-refractivity contribution in [1.82, 2.24) is 0 Å². The first-order valence-electron chi connectivity index (χ1n) is 10.9. The van der Waals surface area contributed by atoms with E-state index in [-0.39, 0.29) is 30.6 Å². The zero-order chi connectivity index (χ0) is 21.3. The lowest BCUT2D eigenvalue weighted by Gasteiger charge is -2.13. The van der Waals surface area contributed by atoms with Gasteiger partial charge in [-0.1, -0.05) is 24.3 Å². The maximum Gasteiger partial charge on any atom is 0.508 e. The van der Waals surface area contributed by atoms with Gasteiger partial charge in [-0.2, -0.15) is 0 Å². The van der Waals surface area contributed by atoms with Crippen LogP contribution < -0.4 is 0 Å². The average molecular weight is 419 g/mol. The van der Waals surface area contributed by atoms with Gasteiger partial charge in [0.05, 0.1) is 6.10 Å². The SMILES string of the molecule is C[C@H]1CCC/C=C/[C@@H]2C[C@H](OC(=O)OCC3=CCCC(F)=C3)C[C@H]2C/C=C/C(=O)O1. The molecule has 0 spiro atoms. The summed E-state index contributed by atoms with van der Waals surface area (Å²) < 4.78 is 29.4. The largest absolute Gasteiger partial charge is 0.508 e. The Bertz CT molecular complexity index is 736. The van der Waals surface area contributed by atoms with Gasteiger partial charge in [-0.3, -0.25) is 0 Å². The Kier molecular flexibility index (Phi) is 8.29. The maximum absolute atomic E-state index is 13.3. The fraction of sp³-hybridized carbons (Fsp3) is 0.583. The molecule has 30 heavy (non-hydrogen) atoms. The molecule has 4 atom stereocenters. The number of hydrogen-bond donors (Lipinski definition) is 0. The van der Waals surface area contributed by atoms with Crippen LogP contribution in [0.2, 0.25) is 0 Å². The first kappa shape index (κ1) is 22.3. The van der Waals surface area contributed by atoms with Gasteiger partial charge >= 0.3 is 12.1 Å². The van der Waals surface area contributed by atoms with Gasteiger partial charge in [0.1, 0.15) is 18.5 Å². The topological polar surface area (TPSA) is 61.8 Å². The molecule has 0 radical (unpaired) electrons. The molecule has 0 N–H and O–H groups in total. The highest BCUT2D eigenvalue weighted by Crippen LogP contribution is 2.38. The molecule has 2 aliphatic carbocycles. The van der Waals surface area contributed by atoms with Crippen molar-refractivity contribution >= 4 is 12.1 Å². The van der Waals surface area contributed by atoms with Gasteiger partial charge in [0, 0.05) is 12.5 Å². The summed E-state index contributed by atoms with van der Waals surface area (Å²) in [5.41, 5.74) is 0.661. The van der Waals surface area contributed by atoms with Crippen LogP contribution in [0.1, 0.15) is 58.3 Å². The number of rotatable bonds is 3. The minimum Gasteiger partial charge on any atom is -0.460 e. The van der Waals surface area contributed by atoms with E-state index in [4.69, 9.17) is 14.2 Å². The smallest absolute Gasteiger partial charge is 0.460 e. The van der Waals surface area contributed by atoms with Crippen molar-refractivity contribution < 1.29 is 28.2 Å². The standard InChI is InChI=1S/C24H31FO5/c1-17-7-3-2-4-9-19-14-22(15-20(19)10-6-12-23(26)29-17)30-24(27)28-16-18-8-5-11-21(25)13-18/h4,6,8-9,12-13,17,19-20,22H,2-3,5,7,10-11,14-16H2,1H3/b9-4+,12-6+/t17-,19+,20+,22-/m0/s1. The van der Waals surface area contributed by atoms with Crippen LogP contribution in [0.25, 0.3) is 0 Å². The Morgan fingerprint density at radius 2 is 2.13 bits per heavy atom. The normalized spacial score (nSPS) is 32.1. The van der Waals surface area contributed by atoms with Gasteiger partial charge < -0.3 is 14.2 Å². The molecule has 1 aliphatic heterocycles. The van der Waals surface area contributed by atoms with E-state index in [1.807, 2.05) is 19.1 Å². The average Bonchev–Trinajstić information content (AvgIpc) is 3.07. The third-order valence-electron chi connectivity index (χ3n) is 5.83. The van der Waals surface area contributed by atoms with E-state index in [1.165, 1.54) is 12.2 Å². The lowest BCUT2D eigenvalue weighted by atomic mass is 9.92. The minimum atomic E-state index is -0.717.